The number of nitrogens with one attached hydrogen (secondary N) is 1. The maximum atomic E-state index is 12.8. The first kappa shape index (κ1) is 17.6. The van der Waals surface area contributed by atoms with Crippen LogP contribution in [0.4, 0.5) is 4.79 Å². The largest absolute Gasteiger partial charge is 0.444 e. The Hall–Kier alpha value is -2.76. The zero-order valence-corrected chi connectivity index (χ0v) is 16.3. The molecule has 2 atom stereocenters. The molecule has 0 bridgehead atoms. The summed E-state index contributed by atoms with van der Waals surface area (Å²) in [5.41, 5.74) is 1.92. The van der Waals surface area contributed by atoms with Crippen LogP contribution in [0.5, 0.6) is 0 Å². The Kier molecular flexibility index (Phi) is 3.67. The van der Waals surface area contributed by atoms with Gasteiger partial charge in [0.05, 0.1) is 6.04 Å². The van der Waals surface area contributed by atoms with Crippen molar-refractivity contribution in [2.45, 2.75) is 51.4 Å². The molecule has 27 heavy (non-hydrogen) atoms. The van der Waals surface area contributed by atoms with Gasteiger partial charge in [-0.1, -0.05) is 12.1 Å². The number of ether oxygens (including phenoxy) is 2. The predicted octanol–water partition coefficient (Wildman–Crippen LogP) is 3.66. The molecule has 4 rings (SSSR count). The molecule has 1 aromatic carbocycles. The van der Waals surface area contributed by atoms with Crippen molar-refractivity contribution in [1.29, 1.82) is 0 Å². The number of carbonyl (C=O) groups is 2. The van der Waals surface area contributed by atoms with Crippen LogP contribution in [0, 0.1) is 0 Å². The second kappa shape index (κ2) is 5.62. The number of carbonyl (C=O) groups excluding carboxylic acids is 2. The van der Waals surface area contributed by atoms with Gasteiger partial charge in [0.15, 0.2) is 5.60 Å². The summed E-state index contributed by atoms with van der Waals surface area (Å²) in [6.45, 7) is 7.24. The zero-order valence-electron chi connectivity index (χ0n) is 16.3. The van der Waals surface area contributed by atoms with E-state index in [2.05, 4.69) is 4.98 Å². The quantitative estimate of drug-likeness (QED) is 0.780. The molecule has 2 aromatic rings. The summed E-state index contributed by atoms with van der Waals surface area (Å²) in [6.07, 6.45) is 3.94. The van der Waals surface area contributed by atoms with Gasteiger partial charge in [-0.05, 0) is 51.8 Å². The van der Waals surface area contributed by atoms with Crippen LogP contribution in [0.3, 0.4) is 0 Å². The van der Waals surface area contributed by atoms with Crippen molar-refractivity contribution in [3.8, 4) is 0 Å². The molecular formula is C21H24N2O4. The third-order valence-corrected chi connectivity index (χ3v) is 5.28. The molecule has 1 aromatic heterocycles. The standard InChI is InChI=1S/C21H24N2O4/c1-12-10-21(26-18(12)24)14-7-6-8-15-17(14)13(11-22-15)9-16(21)23(5)19(25)27-20(2,3)4/h6-8,10-11,16,22H,9H2,1-5H3/t16-,21+/m1/s1. The minimum Gasteiger partial charge on any atom is -0.444 e. The molecule has 142 valence electrons. The normalized spacial score (nSPS) is 24.1. The van der Waals surface area contributed by atoms with Crippen molar-refractivity contribution in [3.05, 3.63) is 47.2 Å². The molecule has 0 unspecified atom stereocenters. The highest BCUT2D eigenvalue weighted by atomic mass is 16.6. The third kappa shape index (κ3) is 2.62. The van der Waals surface area contributed by atoms with Crippen LogP contribution in [0.15, 0.2) is 36.0 Å². The van der Waals surface area contributed by atoms with Crippen LogP contribution in [0.2, 0.25) is 0 Å². The summed E-state index contributed by atoms with van der Waals surface area (Å²) in [5.74, 6) is -0.353. The molecule has 0 fully saturated rings. The molecule has 6 nitrogen and oxygen atoms in total. The van der Waals surface area contributed by atoms with Crippen LogP contribution in [0.1, 0.15) is 38.8 Å². The average molecular weight is 368 g/mol. The molecule has 1 N–H and O–H groups in total. The van der Waals surface area contributed by atoms with Gasteiger partial charge in [0.25, 0.3) is 0 Å². The highest BCUT2D eigenvalue weighted by Gasteiger charge is 2.53. The van der Waals surface area contributed by atoms with E-state index in [-0.39, 0.29) is 5.97 Å². The number of aromatic nitrogens is 1. The van der Waals surface area contributed by atoms with Gasteiger partial charge in [0.2, 0.25) is 0 Å². The zero-order chi connectivity index (χ0) is 19.6. The Morgan fingerprint density at radius 2 is 2.11 bits per heavy atom. The number of esters is 1. The van der Waals surface area contributed by atoms with Gasteiger partial charge in [-0.3, -0.25) is 0 Å². The molecule has 2 aliphatic rings. The number of aromatic amines is 1. The van der Waals surface area contributed by atoms with Crippen molar-refractivity contribution in [1.82, 2.24) is 9.88 Å². The number of benzene rings is 1. The Balaban J connectivity index is 1.85. The predicted molar refractivity (Wildman–Crippen MR) is 101 cm³/mol. The van der Waals surface area contributed by atoms with Gasteiger partial charge < -0.3 is 19.4 Å². The van der Waals surface area contributed by atoms with Crippen LogP contribution in [0.25, 0.3) is 10.9 Å². The van der Waals surface area contributed by atoms with Crippen LogP contribution >= 0.6 is 0 Å². The Labute approximate surface area is 158 Å². The van der Waals surface area contributed by atoms with Crippen molar-refractivity contribution < 1.29 is 19.1 Å². The van der Waals surface area contributed by atoms with Crippen molar-refractivity contribution >= 4 is 23.0 Å². The van der Waals surface area contributed by atoms with E-state index >= 15 is 0 Å². The molecule has 2 heterocycles. The van der Waals surface area contributed by atoms with Gasteiger partial charge in [-0.2, -0.15) is 0 Å². The lowest BCUT2D eigenvalue weighted by atomic mass is 9.75. The Morgan fingerprint density at radius 1 is 1.37 bits per heavy atom. The highest BCUT2D eigenvalue weighted by molar-refractivity contribution is 5.95. The summed E-state index contributed by atoms with van der Waals surface area (Å²) in [4.78, 5) is 30.0. The van der Waals surface area contributed by atoms with E-state index in [1.165, 1.54) is 0 Å². The number of rotatable bonds is 1. The first-order chi connectivity index (χ1) is 12.6. The molecule has 0 saturated heterocycles. The fourth-order valence-corrected chi connectivity index (χ4v) is 4.11. The number of amides is 1. The average Bonchev–Trinajstić information content (AvgIpc) is 3.12. The molecule has 1 spiro atoms. The van der Waals surface area contributed by atoms with Gasteiger partial charge in [-0.25, -0.2) is 9.59 Å². The summed E-state index contributed by atoms with van der Waals surface area (Å²) in [6, 6.07) is 5.51. The van der Waals surface area contributed by atoms with Crippen molar-refractivity contribution in [3.63, 3.8) is 0 Å². The molecule has 6 heteroatoms. The maximum Gasteiger partial charge on any atom is 0.410 e. The number of nitrogens with zero attached hydrogens (tertiary/aromatic N) is 1. The van der Waals surface area contributed by atoms with E-state index in [0.29, 0.717) is 12.0 Å². The minimum atomic E-state index is -1.01. The number of fused-ring (bicyclic) bond motifs is 1. The lowest BCUT2D eigenvalue weighted by molar-refractivity contribution is -0.152. The van der Waals surface area contributed by atoms with E-state index in [1.54, 1.807) is 18.9 Å². The van der Waals surface area contributed by atoms with E-state index in [9.17, 15) is 9.59 Å². The van der Waals surface area contributed by atoms with Crippen LogP contribution in [-0.2, 0) is 26.3 Å². The fraction of sp³-hybridized carbons (Fsp3) is 0.429. The van der Waals surface area contributed by atoms with Crippen molar-refractivity contribution in [2.75, 3.05) is 7.05 Å². The van der Waals surface area contributed by atoms with Gasteiger partial charge in [0, 0.05) is 35.3 Å². The number of hydrogen-bond acceptors (Lipinski definition) is 4. The minimum absolute atomic E-state index is 0.353. The maximum absolute atomic E-state index is 12.8. The first-order valence-electron chi connectivity index (χ1n) is 9.10. The Morgan fingerprint density at radius 3 is 2.74 bits per heavy atom. The molecule has 0 radical (unpaired) electrons. The third-order valence-electron chi connectivity index (χ3n) is 5.28. The van der Waals surface area contributed by atoms with Gasteiger partial charge in [-0.15, -0.1) is 0 Å². The van der Waals surface area contributed by atoms with Crippen LogP contribution in [-0.4, -0.2) is 40.6 Å². The lowest BCUT2D eigenvalue weighted by Gasteiger charge is -2.43. The summed E-state index contributed by atoms with van der Waals surface area (Å²) < 4.78 is 11.5. The van der Waals surface area contributed by atoms with Crippen molar-refractivity contribution in [2.24, 2.45) is 0 Å². The molecule has 0 saturated carbocycles. The number of hydrogen-bond donors (Lipinski definition) is 1. The van der Waals surface area contributed by atoms with E-state index in [0.717, 1.165) is 22.0 Å². The topological polar surface area (TPSA) is 71.6 Å². The SMILES string of the molecule is CC1=C[C@]2(OC1=O)c1cccc3[nH]cc(c13)C[C@H]2N(C)C(=O)OC(C)(C)C. The fourth-order valence-electron chi connectivity index (χ4n) is 4.11. The van der Waals surface area contributed by atoms with Crippen LogP contribution < -0.4 is 0 Å². The lowest BCUT2D eigenvalue weighted by Crippen LogP contribution is -2.54. The molecule has 1 aliphatic heterocycles. The molecular weight excluding hydrogens is 344 g/mol. The second-order valence-corrected chi connectivity index (χ2v) is 8.36. The van der Waals surface area contributed by atoms with Gasteiger partial charge in [0.1, 0.15) is 5.60 Å². The van der Waals surface area contributed by atoms with E-state index in [1.807, 2.05) is 51.2 Å². The summed E-state index contributed by atoms with van der Waals surface area (Å²) >= 11 is 0. The highest BCUT2D eigenvalue weighted by Crippen LogP contribution is 2.48. The summed E-state index contributed by atoms with van der Waals surface area (Å²) in [7, 11) is 1.70. The first-order valence-corrected chi connectivity index (χ1v) is 9.10. The number of H-pyrrole nitrogens is 1. The van der Waals surface area contributed by atoms with E-state index in [4.69, 9.17) is 9.47 Å². The molecule has 1 amide bonds. The second-order valence-electron chi connectivity index (χ2n) is 8.36. The molecule has 1 aliphatic carbocycles. The Bertz CT molecular complexity index is 982. The van der Waals surface area contributed by atoms with Gasteiger partial charge >= 0.3 is 12.1 Å². The number of likely N-dealkylation sites (N-methyl/N-ethyl adjacent to an activating group) is 1. The smallest absolute Gasteiger partial charge is 0.410 e. The monoisotopic (exact) mass is 368 g/mol. The van der Waals surface area contributed by atoms with E-state index < -0.39 is 23.3 Å². The summed E-state index contributed by atoms with van der Waals surface area (Å²) in [5, 5.41) is 1.06.